The lowest BCUT2D eigenvalue weighted by molar-refractivity contribution is 1.16. The van der Waals surface area contributed by atoms with E-state index in [1.807, 2.05) is 55.1 Å². The van der Waals surface area contributed by atoms with E-state index in [0.29, 0.717) is 5.82 Å². The molecule has 6 heterocycles. The van der Waals surface area contributed by atoms with Crippen molar-refractivity contribution in [2.24, 2.45) is 0 Å². The lowest BCUT2D eigenvalue weighted by atomic mass is 9.95. The van der Waals surface area contributed by atoms with E-state index in [2.05, 4.69) is 190 Å². The normalized spacial score (nSPS) is 11.5. The van der Waals surface area contributed by atoms with Gasteiger partial charge in [-0.25, -0.2) is 15.0 Å². The Balaban J connectivity index is 0.918. The maximum Gasteiger partial charge on any atom is 0.160 e. The Bertz CT molecular complexity index is 3950. The summed E-state index contributed by atoms with van der Waals surface area (Å²) < 4.78 is 3.53. The third kappa shape index (κ3) is 6.84. The Hall–Kier alpha value is -8.91. The van der Waals surface area contributed by atoms with Gasteiger partial charge in [0.15, 0.2) is 5.82 Å². The van der Waals surface area contributed by atoms with Gasteiger partial charge in [-0.1, -0.05) is 158 Å². The van der Waals surface area contributed by atoms with Crippen molar-refractivity contribution in [2.45, 2.75) is 0 Å². The Morgan fingerprint density at radius 3 is 1.66 bits per heavy atom. The van der Waals surface area contributed by atoms with Crippen molar-refractivity contribution in [3.05, 3.63) is 231 Å². The first-order valence-electron chi connectivity index (χ1n) is 22.6. The molecule has 0 saturated carbocycles. The van der Waals surface area contributed by atoms with E-state index in [0.717, 1.165) is 94.0 Å². The third-order valence-electron chi connectivity index (χ3n) is 12.8. The van der Waals surface area contributed by atoms with Gasteiger partial charge in [-0.2, -0.15) is 0 Å². The molecule has 0 bridgehead atoms. The Labute approximate surface area is 396 Å². The number of rotatable bonds is 8. The van der Waals surface area contributed by atoms with Crippen LogP contribution in [0.15, 0.2) is 231 Å². The van der Waals surface area contributed by atoms with Gasteiger partial charge >= 0.3 is 0 Å². The molecule has 7 aromatic carbocycles. The minimum absolute atomic E-state index is 0.678. The molecule has 0 saturated heterocycles. The molecule has 13 rings (SSSR count). The van der Waals surface area contributed by atoms with Crippen LogP contribution in [0.2, 0.25) is 0 Å². The molecule has 0 amide bonds. The van der Waals surface area contributed by atoms with E-state index in [1.54, 1.807) is 11.3 Å². The molecule has 0 aliphatic heterocycles. The van der Waals surface area contributed by atoms with Crippen LogP contribution < -0.4 is 0 Å². The zero-order valence-electron chi connectivity index (χ0n) is 36.5. The number of hydrogen-bond acceptors (Lipinski definition) is 6. The number of benzene rings is 7. The second kappa shape index (κ2) is 16.5. The number of fused-ring (bicyclic) bond motifs is 6. The first-order valence-corrected chi connectivity index (χ1v) is 23.4. The molecular weight excluding hydrogens is 849 g/mol. The fraction of sp³-hybridized carbons (Fsp3) is 0. The maximum atomic E-state index is 5.50. The van der Waals surface area contributed by atoms with Crippen LogP contribution in [-0.2, 0) is 0 Å². The Morgan fingerprint density at radius 1 is 0.382 bits per heavy atom. The summed E-state index contributed by atoms with van der Waals surface area (Å²) in [5, 5.41) is 4.69. The standard InChI is InChI=1S/C61H38N6S/c1-3-14-41(15-4-1)58-57-56(45-19-12-32-62-37-45)59(46-20-13-33-63-38-46)68-60(57)50-31-30-43(35-53(50)64-58)39-26-28-40(29-27-39)51-36-52(66-61(65-51)42-16-5-2-6-17-42)44-18-11-21-47(34-44)67-54-24-9-7-22-48(54)49-23-8-10-25-55(49)67/h1-38H. The van der Waals surface area contributed by atoms with Crippen LogP contribution in [0, 0.1) is 0 Å². The van der Waals surface area contributed by atoms with Crippen molar-refractivity contribution in [2.75, 3.05) is 0 Å². The number of aromatic nitrogens is 6. The molecule has 0 aliphatic carbocycles. The fourth-order valence-corrected chi connectivity index (χ4v) is 11.0. The molecule has 0 N–H and O–H groups in total. The number of nitrogens with zero attached hydrogens (tertiary/aromatic N) is 6. The van der Waals surface area contributed by atoms with Gasteiger partial charge in [0.1, 0.15) is 0 Å². The lowest BCUT2D eigenvalue weighted by Gasteiger charge is -2.13. The first-order chi connectivity index (χ1) is 33.7. The molecular formula is C61H38N6S. The van der Waals surface area contributed by atoms with Gasteiger partial charge in [-0.3, -0.25) is 9.97 Å². The van der Waals surface area contributed by atoms with Crippen molar-refractivity contribution >= 4 is 54.1 Å². The van der Waals surface area contributed by atoms with E-state index in [9.17, 15) is 0 Å². The zero-order valence-corrected chi connectivity index (χ0v) is 37.3. The third-order valence-corrected chi connectivity index (χ3v) is 14.1. The van der Waals surface area contributed by atoms with Gasteiger partial charge in [0.25, 0.3) is 0 Å². The van der Waals surface area contributed by atoms with E-state index in [1.165, 1.54) is 26.5 Å². The number of pyridine rings is 3. The van der Waals surface area contributed by atoms with Crippen molar-refractivity contribution in [1.82, 2.24) is 29.5 Å². The first kappa shape index (κ1) is 39.5. The predicted octanol–water partition coefficient (Wildman–Crippen LogP) is 15.8. The molecule has 68 heavy (non-hydrogen) atoms. The summed E-state index contributed by atoms with van der Waals surface area (Å²) in [7, 11) is 0. The molecule has 318 valence electrons. The highest BCUT2D eigenvalue weighted by Gasteiger charge is 2.23. The summed E-state index contributed by atoms with van der Waals surface area (Å²) in [6.07, 6.45) is 7.54. The van der Waals surface area contributed by atoms with Crippen molar-refractivity contribution in [1.29, 1.82) is 0 Å². The van der Waals surface area contributed by atoms with Gasteiger partial charge in [-0.15, -0.1) is 11.3 Å². The Morgan fingerprint density at radius 2 is 0.971 bits per heavy atom. The second-order valence-electron chi connectivity index (χ2n) is 16.9. The molecule has 13 aromatic rings. The summed E-state index contributed by atoms with van der Waals surface area (Å²) in [4.78, 5) is 26.1. The highest BCUT2D eigenvalue weighted by atomic mass is 32.1. The maximum absolute atomic E-state index is 5.50. The van der Waals surface area contributed by atoms with E-state index >= 15 is 0 Å². The molecule has 7 heteroatoms. The highest BCUT2D eigenvalue weighted by Crippen LogP contribution is 2.50. The van der Waals surface area contributed by atoms with Crippen LogP contribution >= 0.6 is 11.3 Å². The largest absolute Gasteiger partial charge is 0.309 e. The van der Waals surface area contributed by atoms with Gasteiger partial charge in [0, 0.05) is 101 Å². The summed E-state index contributed by atoms with van der Waals surface area (Å²) >= 11 is 1.79. The smallest absolute Gasteiger partial charge is 0.160 e. The average Bonchev–Trinajstić information content (AvgIpc) is 3.99. The lowest BCUT2D eigenvalue weighted by Crippen LogP contribution is -1.98. The van der Waals surface area contributed by atoms with Crippen LogP contribution in [0.4, 0.5) is 0 Å². The average molecular weight is 887 g/mol. The number of hydrogen-bond donors (Lipinski definition) is 0. The molecule has 0 radical (unpaired) electrons. The second-order valence-corrected chi connectivity index (χ2v) is 17.9. The molecule has 0 aliphatic rings. The molecule has 6 aromatic heterocycles. The number of thiophene rings is 1. The van der Waals surface area contributed by atoms with Crippen molar-refractivity contribution in [3.63, 3.8) is 0 Å². The topological polar surface area (TPSA) is 69.4 Å². The predicted molar refractivity (Wildman–Crippen MR) is 281 cm³/mol. The van der Waals surface area contributed by atoms with Crippen LogP contribution in [-0.4, -0.2) is 29.5 Å². The van der Waals surface area contributed by atoms with Crippen LogP contribution in [0.3, 0.4) is 0 Å². The van der Waals surface area contributed by atoms with E-state index in [-0.39, 0.29) is 0 Å². The summed E-state index contributed by atoms with van der Waals surface area (Å²) in [6.45, 7) is 0. The van der Waals surface area contributed by atoms with E-state index < -0.39 is 0 Å². The van der Waals surface area contributed by atoms with Crippen LogP contribution in [0.25, 0.3) is 126 Å². The summed E-state index contributed by atoms with van der Waals surface area (Å²) in [6, 6.07) is 72.4. The zero-order chi connectivity index (χ0) is 45.0. The Kier molecular flexibility index (Phi) is 9.58. The van der Waals surface area contributed by atoms with Crippen LogP contribution in [0.5, 0.6) is 0 Å². The minimum Gasteiger partial charge on any atom is -0.309 e. The van der Waals surface area contributed by atoms with Gasteiger partial charge in [-0.05, 0) is 59.7 Å². The monoisotopic (exact) mass is 886 g/mol. The van der Waals surface area contributed by atoms with Gasteiger partial charge in [0.05, 0.1) is 33.6 Å². The van der Waals surface area contributed by atoms with E-state index in [4.69, 9.17) is 15.0 Å². The molecule has 0 atom stereocenters. The SMILES string of the molecule is c1ccc(-c2nc(-c3ccc(-c4ccc5c(c4)nc(-c4ccccc4)c4c(-c6cccnc6)c(-c6cccnc6)sc45)cc3)cc(-c3cccc(-n4c5ccccc5c5ccccc54)c3)n2)cc1. The molecule has 0 spiro atoms. The highest BCUT2D eigenvalue weighted by molar-refractivity contribution is 7.24. The number of para-hydroxylation sites is 2. The fourth-order valence-electron chi connectivity index (χ4n) is 9.61. The quantitative estimate of drug-likeness (QED) is 0.152. The summed E-state index contributed by atoms with van der Waals surface area (Å²) in [5.41, 5.74) is 16.5. The van der Waals surface area contributed by atoms with Gasteiger partial charge < -0.3 is 4.57 Å². The van der Waals surface area contributed by atoms with Gasteiger partial charge in [0.2, 0.25) is 0 Å². The van der Waals surface area contributed by atoms with Crippen molar-refractivity contribution < 1.29 is 0 Å². The van der Waals surface area contributed by atoms with Crippen molar-refractivity contribution in [3.8, 4) is 83.5 Å². The minimum atomic E-state index is 0.678. The van der Waals surface area contributed by atoms with Crippen LogP contribution in [0.1, 0.15) is 0 Å². The molecule has 0 unspecified atom stereocenters. The molecule has 0 fully saturated rings. The summed E-state index contributed by atoms with van der Waals surface area (Å²) in [5.74, 6) is 0.678. The molecule has 6 nitrogen and oxygen atoms in total.